The van der Waals surface area contributed by atoms with Gasteiger partial charge in [-0.25, -0.2) is 17.5 Å². The van der Waals surface area contributed by atoms with Gasteiger partial charge in [-0.05, 0) is 91.1 Å². The number of aliphatic imine (C=N–C) groups is 1. The largest absolute Gasteiger partial charge is 0.351 e. The molecule has 1 spiro atoms. The zero-order valence-electron chi connectivity index (χ0n) is 25.9. The van der Waals surface area contributed by atoms with E-state index in [1.54, 1.807) is 7.05 Å². The molecule has 3 amide bonds. The highest BCUT2D eigenvalue weighted by atomic mass is 32.2. The van der Waals surface area contributed by atoms with E-state index in [1.165, 1.54) is 14.8 Å². The van der Waals surface area contributed by atoms with Gasteiger partial charge in [-0.1, -0.05) is 55.8 Å². The molecule has 44 heavy (non-hydrogen) atoms. The van der Waals surface area contributed by atoms with Crippen molar-refractivity contribution in [3.05, 3.63) is 88.5 Å². The first kappa shape index (κ1) is 31.4. The second-order valence-corrected chi connectivity index (χ2v) is 14.0. The molecule has 232 valence electrons. The van der Waals surface area contributed by atoms with Crippen molar-refractivity contribution in [2.24, 2.45) is 10.7 Å². The smallest absolute Gasteiger partial charge is 0.318 e. The van der Waals surface area contributed by atoms with Crippen molar-refractivity contribution in [3.63, 3.8) is 0 Å². The first-order valence-corrected chi connectivity index (χ1v) is 16.8. The van der Waals surface area contributed by atoms with Crippen LogP contribution in [-0.4, -0.2) is 61.9 Å². The number of benzene rings is 3. The molecule has 1 saturated heterocycles. The number of nitrogens with zero attached hydrogens (tertiary/aromatic N) is 3. The normalized spacial score (nSPS) is 16.5. The standard InChI is InChI=1S/C34H41N5O4S/c1-5-8-25-9-6-10-26(21-25)27-11-7-12-28(22-27)31-36-32(40)34(37-31)14-16-39(17-15-34)44(42,43)18-13-30-23(2)19-29(20-24(30)3)38(4)33(35)41/h6-7,9-12,19-22H,5,8,13-18H2,1-4H3,(H2,35,41)(H,36,37,40). The van der Waals surface area contributed by atoms with Gasteiger partial charge in [0.15, 0.2) is 0 Å². The maximum atomic E-state index is 13.4. The number of hydrogen-bond acceptors (Lipinski definition) is 5. The van der Waals surface area contributed by atoms with Gasteiger partial charge in [0.25, 0.3) is 5.91 Å². The van der Waals surface area contributed by atoms with Gasteiger partial charge in [0.05, 0.1) is 5.75 Å². The maximum Gasteiger partial charge on any atom is 0.318 e. The lowest BCUT2D eigenvalue weighted by molar-refractivity contribution is -0.124. The molecule has 3 aromatic carbocycles. The van der Waals surface area contributed by atoms with Crippen molar-refractivity contribution >= 4 is 33.5 Å². The summed E-state index contributed by atoms with van der Waals surface area (Å²) in [6, 6.07) is 19.7. The minimum atomic E-state index is -3.56. The highest BCUT2D eigenvalue weighted by Crippen LogP contribution is 2.33. The summed E-state index contributed by atoms with van der Waals surface area (Å²) in [6.45, 7) is 6.45. The van der Waals surface area contributed by atoms with Crippen LogP contribution in [0.5, 0.6) is 0 Å². The first-order chi connectivity index (χ1) is 20.9. The molecule has 3 aromatic rings. The van der Waals surface area contributed by atoms with E-state index in [-0.39, 0.29) is 24.7 Å². The summed E-state index contributed by atoms with van der Waals surface area (Å²) in [5.74, 6) is 0.320. The average Bonchev–Trinajstić information content (AvgIpc) is 3.31. The van der Waals surface area contributed by atoms with Crippen molar-refractivity contribution in [1.29, 1.82) is 0 Å². The summed E-state index contributed by atoms with van der Waals surface area (Å²) in [5, 5.41) is 2.98. The topological polar surface area (TPSA) is 125 Å². The predicted molar refractivity (Wildman–Crippen MR) is 175 cm³/mol. The third kappa shape index (κ3) is 6.42. The second kappa shape index (κ2) is 12.5. The Labute approximate surface area is 260 Å². The summed E-state index contributed by atoms with van der Waals surface area (Å²) in [5.41, 5.74) is 12.2. The molecule has 2 aliphatic heterocycles. The third-order valence-electron chi connectivity index (χ3n) is 8.87. The molecular formula is C34H41N5O4S. The molecule has 0 radical (unpaired) electrons. The summed E-state index contributed by atoms with van der Waals surface area (Å²) < 4.78 is 28.2. The van der Waals surface area contributed by atoms with Gasteiger partial charge in [-0.3, -0.25) is 14.7 Å². The number of amidine groups is 1. The van der Waals surface area contributed by atoms with Gasteiger partial charge in [-0.2, -0.15) is 0 Å². The van der Waals surface area contributed by atoms with Gasteiger partial charge in [0.1, 0.15) is 11.4 Å². The Morgan fingerprint density at radius 1 is 0.977 bits per heavy atom. The Balaban J connectivity index is 1.26. The lowest BCUT2D eigenvalue weighted by Crippen LogP contribution is -2.50. The molecule has 2 aliphatic rings. The van der Waals surface area contributed by atoms with Crippen LogP contribution in [0.3, 0.4) is 0 Å². The van der Waals surface area contributed by atoms with E-state index < -0.39 is 21.6 Å². The molecule has 0 bridgehead atoms. The molecule has 0 aromatic heterocycles. The summed E-state index contributed by atoms with van der Waals surface area (Å²) in [6.07, 6.45) is 3.11. The highest BCUT2D eigenvalue weighted by Gasteiger charge is 2.47. The number of rotatable bonds is 9. The number of primary amides is 1. The summed E-state index contributed by atoms with van der Waals surface area (Å²) >= 11 is 0. The maximum absolute atomic E-state index is 13.4. The van der Waals surface area contributed by atoms with Crippen LogP contribution < -0.4 is 16.0 Å². The van der Waals surface area contributed by atoms with Gasteiger partial charge >= 0.3 is 6.03 Å². The van der Waals surface area contributed by atoms with Gasteiger partial charge in [0.2, 0.25) is 10.0 Å². The average molecular weight is 616 g/mol. The number of carbonyl (C=O) groups is 2. The fourth-order valence-electron chi connectivity index (χ4n) is 6.21. The van der Waals surface area contributed by atoms with E-state index in [0.29, 0.717) is 30.8 Å². The summed E-state index contributed by atoms with van der Waals surface area (Å²) in [7, 11) is -1.96. The zero-order chi connectivity index (χ0) is 31.6. The van der Waals surface area contributed by atoms with E-state index in [1.807, 2.05) is 44.2 Å². The molecule has 0 atom stereocenters. The predicted octanol–water partition coefficient (Wildman–Crippen LogP) is 4.72. The van der Waals surface area contributed by atoms with Crippen LogP contribution >= 0.6 is 0 Å². The van der Waals surface area contributed by atoms with Gasteiger partial charge in [-0.15, -0.1) is 0 Å². The molecule has 0 aliphatic carbocycles. The number of aryl methyl sites for hydroxylation is 3. The molecule has 10 heteroatoms. The third-order valence-corrected chi connectivity index (χ3v) is 10.7. The van der Waals surface area contributed by atoms with E-state index in [4.69, 9.17) is 10.7 Å². The van der Waals surface area contributed by atoms with Crippen LogP contribution in [0, 0.1) is 13.8 Å². The number of amides is 3. The number of nitrogens with two attached hydrogens (primary N) is 1. The van der Waals surface area contributed by atoms with E-state index in [0.717, 1.165) is 46.2 Å². The number of anilines is 1. The number of sulfonamides is 1. The highest BCUT2D eigenvalue weighted by molar-refractivity contribution is 7.89. The Kier molecular flexibility index (Phi) is 8.95. The van der Waals surface area contributed by atoms with Crippen molar-refractivity contribution in [2.45, 2.75) is 58.4 Å². The fraction of sp³-hybridized carbons (Fsp3) is 0.382. The first-order valence-electron chi connectivity index (χ1n) is 15.1. The molecule has 0 saturated carbocycles. The molecule has 9 nitrogen and oxygen atoms in total. The monoisotopic (exact) mass is 615 g/mol. The number of hydrogen-bond donors (Lipinski definition) is 2. The van der Waals surface area contributed by atoms with Crippen molar-refractivity contribution < 1.29 is 18.0 Å². The number of carbonyl (C=O) groups excluding carboxylic acids is 2. The minimum absolute atomic E-state index is 0.0420. The SMILES string of the molecule is CCCc1cccc(-c2cccc(C3=NC4(CCN(S(=O)(=O)CCc5c(C)cc(N(C)C(N)=O)cc5C)CC4)C(=O)N3)c2)c1. The molecular weight excluding hydrogens is 574 g/mol. The molecule has 3 N–H and O–H groups in total. The van der Waals surface area contributed by atoms with Crippen LogP contribution in [0.1, 0.15) is 54.0 Å². The fourth-order valence-corrected chi connectivity index (χ4v) is 7.67. The Morgan fingerprint density at radius 3 is 2.23 bits per heavy atom. The second-order valence-electron chi connectivity index (χ2n) is 11.9. The van der Waals surface area contributed by atoms with Gasteiger partial charge < -0.3 is 11.1 Å². The molecule has 0 unspecified atom stereocenters. The number of urea groups is 1. The molecule has 1 fully saturated rings. The van der Waals surface area contributed by atoms with Crippen LogP contribution in [0.15, 0.2) is 65.7 Å². The van der Waals surface area contributed by atoms with Crippen molar-refractivity contribution in [2.75, 3.05) is 30.8 Å². The number of piperidine rings is 1. The Hall–Kier alpha value is -4.02. The van der Waals surface area contributed by atoms with E-state index in [2.05, 4.69) is 42.6 Å². The summed E-state index contributed by atoms with van der Waals surface area (Å²) in [4.78, 5) is 31.0. The zero-order valence-corrected chi connectivity index (χ0v) is 26.7. The Bertz CT molecular complexity index is 1700. The lowest BCUT2D eigenvalue weighted by Gasteiger charge is -2.34. The molecule has 5 rings (SSSR count). The molecule has 2 heterocycles. The van der Waals surface area contributed by atoms with Crippen molar-refractivity contribution in [1.82, 2.24) is 9.62 Å². The van der Waals surface area contributed by atoms with E-state index >= 15 is 0 Å². The van der Waals surface area contributed by atoms with Crippen LogP contribution in [0.25, 0.3) is 11.1 Å². The van der Waals surface area contributed by atoms with Crippen LogP contribution in [-0.2, 0) is 27.7 Å². The number of nitrogens with one attached hydrogen (secondary N) is 1. The van der Waals surface area contributed by atoms with Crippen molar-refractivity contribution in [3.8, 4) is 11.1 Å². The van der Waals surface area contributed by atoms with E-state index in [9.17, 15) is 18.0 Å². The van der Waals surface area contributed by atoms with Crippen LogP contribution in [0.4, 0.5) is 10.5 Å². The van der Waals surface area contributed by atoms with Gasteiger partial charge in [0, 0.05) is 31.4 Å². The quantitative estimate of drug-likeness (QED) is 0.361. The lowest BCUT2D eigenvalue weighted by atomic mass is 9.89. The minimum Gasteiger partial charge on any atom is -0.351 e. The van der Waals surface area contributed by atoms with Crippen LogP contribution in [0.2, 0.25) is 0 Å². The Morgan fingerprint density at radius 2 is 1.59 bits per heavy atom.